The van der Waals surface area contributed by atoms with Gasteiger partial charge in [0.25, 0.3) is 0 Å². The lowest BCUT2D eigenvalue weighted by molar-refractivity contribution is -0.119. The summed E-state index contributed by atoms with van der Waals surface area (Å²) in [5, 5.41) is 0. The third kappa shape index (κ3) is 2.91. The average Bonchev–Trinajstić information content (AvgIpc) is 2.39. The van der Waals surface area contributed by atoms with Crippen LogP contribution < -0.4 is 4.90 Å². The van der Waals surface area contributed by atoms with Crippen LogP contribution in [-0.2, 0) is 14.6 Å². The van der Waals surface area contributed by atoms with Crippen LogP contribution in [0.1, 0.15) is 12.8 Å². The molecule has 2 rings (SSSR count). The minimum atomic E-state index is -4.54. The van der Waals surface area contributed by atoms with E-state index in [9.17, 15) is 22.0 Å². The standard InChI is InChI=1S/C12H13F2NO3S/c13-12(14)19(17,18)11-3-1-9(2-4-11)15-7-5-10(16)6-8-15/h1-4,12H,5-8H2. The summed E-state index contributed by atoms with van der Waals surface area (Å²) in [6, 6.07) is 5.33. The molecule has 0 amide bonds. The summed E-state index contributed by atoms with van der Waals surface area (Å²) in [6.07, 6.45) is 0.911. The van der Waals surface area contributed by atoms with Crippen LogP contribution in [0.3, 0.4) is 0 Å². The van der Waals surface area contributed by atoms with Gasteiger partial charge in [-0.1, -0.05) is 0 Å². The molecule has 104 valence electrons. The first-order chi connectivity index (χ1) is 8.91. The van der Waals surface area contributed by atoms with E-state index in [2.05, 4.69) is 0 Å². The molecule has 4 nitrogen and oxygen atoms in total. The van der Waals surface area contributed by atoms with E-state index < -0.39 is 15.6 Å². The summed E-state index contributed by atoms with van der Waals surface area (Å²) >= 11 is 0. The Morgan fingerprint density at radius 1 is 1.05 bits per heavy atom. The molecule has 7 heteroatoms. The molecule has 0 aromatic heterocycles. The van der Waals surface area contributed by atoms with Crippen LogP contribution >= 0.6 is 0 Å². The lowest BCUT2D eigenvalue weighted by Crippen LogP contribution is -2.33. The normalized spacial score (nSPS) is 17.0. The molecule has 1 saturated heterocycles. The topological polar surface area (TPSA) is 54.5 Å². The number of Topliss-reactive ketones (excluding diaryl/α,β-unsaturated/α-hetero) is 1. The Hall–Kier alpha value is -1.50. The first-order valence-electron chi connectivity index (χ1n) is 5.80. The van der Waals surface area contributed by atoms with Crippen molar-refractivity contribution in [2.75, 3.05) is 18.0 Å². The van der Waals surface area contributed by atoms with E-state index in [0.29, 0.717) is 25.9 Å². The Bertz CT molecular complexity index is 559. The number of benzene rings is 1. The molecular formula is C12H13F2NO3S. The summed E-state index contributed by atoms with van der Waals surface area (Å²) in [4.78, 5) is 12.7. The molecule has 1 heterocycles. The van der Waals surface area contributed by atoms with Crippen molar-refractivity contribution in [3.63, 3.8) is 0 Å². The van der Waals surface area contributed by atoms with Gasteiger partial charge in [-0.15, -0.1) is 0 Å². The number of carbonyl (C=O) groups is 1. The Morgan fingerprint density at radius 2 is 1.58 bits per heavy atom. The Morgan fingerprint density at radius 3 is 2.05 bits per heavy atom. The number of anilines is 1. The van der Waals surface area contributed by atoms with Crippen molar-refractivity contribution in [1.82, 2.24) is 0 Å². The fourth-order valence-corrected chi connectivity index (χ4v) is 2.69. The summed E-state index contributed by atoms with van der Waals surface area (Å²) < 4.78 is 47.2. The number of sulfone groups is 1. The molecule has 19 heavy (non-hydrogen) atoms. The highest BCUT2D eigenvalue weighted by Crippen LogP contribution is 2.23. The molecule has 1 aromatic rings. The quantitative estimate of drug-likeness (QED) is 0.852. The molecule has 1 aliphatic heterocycles. The molecule has 0 spiro atoms. The number of piperidine rings is 1. The summed E-state index contributed by atoms with van der Waals surface area (Å²) in [7, 11) is -4.54. The minimum absolute atomic E-state index is 0.202. The van der Waals surface area contributed by atoms with Crippen molar-refractivity contribution in [2.24, 2.45) is 0 Å². The van der Waals surface area contributed by atoms with Gasteiger partial charge in [0.1, 0.15) is 5.78 Å². The zero-order valence-electron chi connectivity index (χ0n) is 10.1. The molecule has 0 unspecified atom stereocenters. The number of halogens is 2. The number of hydrogen-bond acceptors (Lipinski definition) is 4. The number of ketones is 1. The third-order valence-electron chi connectivity index (χ3n) is 3.09. The number of hydrogen-bond donors (Lipinski definition) is 0. The van der Waals surface area contributed by atoms with Gasteiger partial charge in [0, 0.05) is 31.6 Å². The van der Waals surface area contributed by atoms with Crippen LogP contribution in [0.15, 0.2) is 29.2 Å². The van der Waals surface area contributed by atoms with Gasteiger partial charge in [-0.3, -0.25) is 4.79 Å². The van der Waals surface area contributed by atoms with E-state index in [-0.39, 0.29) is 10.7 Å². The van der Waals surface area contributed by atoms with Gasteiger partial charge in [-0.05, 0) is 24.3 Å². The number of carbonyl (C=O) groups excluding carboxylic acids is 1. The maximum Gasteiger partial charge on any atom is 0.341 e. The highest BCUT2D eigenvalue weighted by atomic mass is 32.2. The predicted molar refractivity (Wildman–Crippen MR) is 66.1 cm³/mol. The molecule has 1 aromatic carbocycles. The number of rotatable bonds is 3. The minimum Gasteiger partial charge on any atom is -0.371 e. The van der Waals surface area contributed by atoms with E-state index in [1.165, 1.54) is 24.3 Å². The Balaban J connectivity index is 2.17. The molecule has 0 N–H and O–H groups in total. The second-order valence-corrected chi connectivity index (χ2v) is 6.24. The number of alkyl halides is 2. The molecule has 0 aliphatic carbocycles. The summed E-state index contributed by atoms with van der Waals surface area (Å²) in [5.74, 6) is -3.21. The van der Waals surface area contributed by atoms with Gasteiger partial charge >= 0.3 is 5.76 Å². The molecule has 1 aliphatic rings. The van der Waals surface area contributed by atoms with E-state index in [0.717, 1.165) is 5.69 Å². The van der Waals surface area contributed by atoms with Crippen LogP contribution in [0.2, 0.25) is 0 Å². The van der Waals surface area contributed by atoms with Crippen molar-refractivity contribution in [3.8, 4) is 0 Å². The van der Waals surface area contributed by atoms with Gasteiger partial charge in [0.05, 0.1) is 4.90 Å². The first kappa shape index (κ1) is 13.9. The predicted octanol–water partition coefficient (Wildman–Crippen LogP) is 1.85. The summed E-state index contributed by atoms with van der Waals surface area (Å²) in [5.41, 5.74) is 0.737. The van der Waals surface area contributed by atoms with E-state index >= 15 is 0 Å². The second kappa shape index (κ2) is 5.24. The van der Waals surface area contributed by atoms with E-state index in [1.807, 2.05) is 4.90 Å². The van der Waals surface area contributed by atoms with Crippen LogP contribution in [-0.4, -0.2) is 33.0 Å². The molecule has 0 atom stereocenters. The largest absolute Gasteiger partial charge is 0.371 e. The fourth-order valence-electron chi connectivity index (χ4n) is 1.96. The van der Waals surface area contributed by atoms with Crippen molar-refractivity contribution in [1.29, 1.82) is 0 Å². The maximum atomic E-state index is 12.4. The van der Waals surface area contributed by atoms with Gasteiger partial charge in [0.2, 0.25) is 9.84 Å². The van der Waals surface area contributed by atoms with Gasteiger partial charge < -0.3 is 4.90 Å². The van der Waals surface area contributed by atoms with Crippen LogP contribution in [0.25, 0.3) is 0 Å². The lowest BCUT2D eigenvalue weighted by Gasteiger charge is -2.28. The van der Waals surface area contributed by atoms with Crippen LogP contribution in [0, 0.1) is 0 Å². The zero-order chi connectivity index (χ0) is 14.0. The molecular weight excluding hydrogens is 276 g/mol. The van der Waals surface area contributed by atoms with Crippen molar-refractivity contribution in [3.05, 3.63) is 24.3 Å². The Labute approximate surface area is 109 Å². The van der Waals surface area contributed by atoms with Crippen molar-refractivity contribution >= 4 is 21.3 Å². The maximum absolute atomic E-state index is 12.4. The Kier molecular flexibility index (Phi) is 3.84. The molecule has 1 fully saturated rings. The molecule has 0 bridgehead atoms. The van der Waals surface area contributed by atoms with Crippen LogP contribution in [0.4, 0.5) is 14.5 Å². The average molecular weight is 289 g/mol. The van der Waals surface area contributed by atoms with Gasteiger partial charge in [0.15, 0.2) is 0 Å². The lowest BCUT2D eigenvalue weighted by atomic mass is 10.1. The van der Waals surface area contributed by atoms with Gasteiger partial charge in [-0.2, -0.15) is 8.78 Å². The van der Waals surface area contributed by atoms with E-state index in [4.69, 9.17) is 0 Å². The van der Waals surface area contributed by atoms with Gasteiger partial charge in [-0.25, -0.2) is 8.42 Å². The molecule has 0 saturated carbocycles. The SMILES string of the molecule is O=C1CCN(c2ccc(S(=O)(=O)C(F)F)cc2)CC1. The second-order valence-electron chi connectivity index (χ2n) is 4.33. The third-order valence-corrected chi connectivity index (χ3v) is 4.48. The zero-order valence-corrected chi connectivity index (χ0v) is 10.9. The van der Waals surface area contributed by atoms with Crippen molar-refractivity contribution < 1.29 is 22.0 Å². The number of nitrogens with zero attached hydrogens (tertiary/aromatic N) is 1. The van der Waals surface area contributed by atoms with Crippen molar-refractivity contribution in [2.45, 2.75) is 23.5 Å². The summed E-state index contributed by atoms with van der Waals surface area (Å²) in [6.45, 7) is 1.14. The fraction of sp³-hybridized carbons (Fsp3) is 0.417. The van der Waals surface area contributed by atoms with E-state index in [1.54, 1.807) is 0 Å². The van der Waals surface area contributed by atoms with Crippen LogP contribution in [0.5, 0.6) is 0 Å². The highest BCUT2D eigenvalue weighted by Gasteiger charge is 2.26. The molecule has 0 radical (unpaired) electrons. The highest BCUT2D eigenvalue weighted by molar-refractivity contribution is 7.91. The smallest absolute Gasteiger partial charge is 0.341 e. The first-order valence-corrected chi connectivity index (χ1v) is 7.34. The monoisotopic (exact) mass is 289 g/mol.